The molecule has 96 valence electrons. The minimum absolute atomic E-state index is 0.0455. The lowest BCUT2D eigenvalue weighted by atomic mass is 9.79. The molecule has 0 bridgehead atoms. The van der Waals surface area contributed by atoms with Crippen LogP contribution in [-0.2, 0) is 4.79 Å². The minimum atomic E-state index is -0.749. The van der Waals surface area contributed by atoms with Crippen LogP contribution in [0.15, 0.2) is 18.2 Å². The van der Waals surface area contributed by atoms with Gasteiger partial charge < -0.3 is 0 Å². The quantitative estimate of drug-likeness (QED) is 0.618. The SMILES string of the molecule is O=C1CC[C@@H]([N+](=O)[O-])[C@H](c2ccc(Cl)cc2Cl)C1. The molecule has 1 aromatic rings. The number of Topliss-reactive ketones (excluding diaryl/α,β-unsaturated/α-hetero) is 1. The van der Waals surface area contributed by atoms with E-state index in [0.717, 1.165) is 0 Å². The lowest BCUT2D eigenvalue weighted by Crippen LogP contribution is -2.34. The summed E-state index contributed by atoms with van der Waals surface area (Å²) in [5.74, 6) is -0.407. The topological polar surface area (TPSA) is 60.2 Å². The fourth-order valence-corrected chi connectivity index (χ4v) is 2.91. The summed E-state index contributed by atoms with van der Waals surface area (Å²) in [5, 5.41) is 11.9. The van der Waals surface area contributed by atoms with Gasteiger partial charge in [-0.15, -0.1) is 0 Å². The molecule has 18 heavy (non-hydrogen) atoms. The lowest BCUT2D eigenvalue weighted by Gasteiger charge is -2.25. The van der Waals surface area contributed by atoms with E-state index in [9.17, 15) is 14.9 Å². The van der Waals surface area contributed by atoms with Crippen molar-refractivity contribution in [3.8, 4) is 0 Å². The highest BCUT2D eigenvalue weighted by Crippen LogP contribution is 2.37. The number of carbonyl (C=O) groups is 1. The fraction of sp³-hybridized carbons (Fsp3) is 0.417. The number of nitro groups is 1. The molecule has 1 aliphatic carbocycles. The minimum Gasteiger partial charge on any atom is -0.300 e. The van der Waals surface area contributed by atoms with Gasteiger partial charge in [0.1, 0.15) is 5.78 Å². The standard InChI is InChI=1S/C12H11Cl2NO3/c13-7-1-3-9(11(14)5-7)10-6-8(16)2-4-12(10)15(17)18/h1,3,5,10,12H,2,4,6H2/t10-,12+/m0/s1. The van der Waals surface area contributed by atoms with Crippen molar-refractivity contribution in [3.05, 3.63) is 43.9 Å². The maximum Gasteiger partial charge on any atom is 0.220 e. The van der Waals surface area contributed by atoms with E-state index in [2.05, 4.69) is 0 Å². The van der Waals surface area contributed by atoms with Gasteiger partial charge in [-0.3, -0.25) is 14.9 Å². The van der Waals surface area contributed by atoms with Crippen LogP contribution in [0.25, 0.3) is 0 Å². The molecule has 0 heterocycles. The van der Waals surface area contributed by atoms with Crippen LogP contribution < -0.4 is 0 Å². The van der Waals surface area contributed by atoms with Crippen molar-refractivity contribution in [2.75, 3.05) is 0 Å². The van der Waals surface area contributed by atoms with E-state index in [1.165, 1.54) is 0 Å². The average molecular weight is 288 g/mol. The van der Waals surface area contributed by atoms with Crippen molar-refractivity contribution in [2.24, 2.45) is 0 Å². The highest BCUT2D eigenvalue weighted by molar-refractivity contribution is 6.35. The van der Waals surface area contributed by atoms with E-state index >= 15 is 0 Å². The number of halogens is 2. The van der Waals surface area contributed by atoms with E-state index in [0.29, 0.717) is 15.6 Å². The first-order valence-corrected chi connectivity index (χ1v) is 6.35. The second-order valence-corrected chi connectivity index (χ2v) is 5.25. The Kier molecular flexibility index (Phi) is 3.88. The van der Waals surface area contributed by atoms with Gasteiger partial charge in [-0.25, -0.2) is 0 Å². The van der Waals surface area contributed by atoms with Gasteiger partial charge in [0.15, 0.2) is 0 Å². The van der Waals surface area contributed by atoms with E-state index in [1.807, 2.05) is 0 Å². The third-order valence-electron chi connectivity index (χ3n) is 3.26. The average Bonchev–Trinajstić information content (AvgIpc) is 2.28. The van der Waals surface area contributed by atoms with Gasteiger partial charge in [-0.2, -0.15) is 0 Å². The Morgan fingerprint density at radius 1 is 1.33 bits per heavy atom. The number of benzene rings is 1. The molecule has 0 spiro atoms. The molecule has 0 amide bonds. The molecular formula is C12H11Cl2NO3. The summed E-state index contributed by atoms with van der Waals surface area (Å²) >= 11 is 11.9. The van der Waals surface area contributed by atoms with Gasteiger partial charge in [0.2, 0.25) is 6.04 Å². The summed E-state index contributed by atoms with van der Waals surface area (Å²) in [5.41, 5.74) is 0.635. The van der Waals surface area contributed by atoms with Gasteiger partial charge >= 0.3 is 0 Å². The normalized spacial score (nSPS) is 24.0. The van der Waals surface area contributed by atoms with Gasteiger partial charge in [0.25, 0.3) is 0 Å². The Balaban J connectivity index is 2.38. The van der Waals surface area contributed by atoms with Gasteiger partial charge in [-0.05, 0) is 17.7 Å². The van der Waals surface area contributed by atoms with Crippen molar-refractivity contribution < 1.29 is 9.72 Å². The molecule has 1 saturated carbocycles. The number of ketones is 1. The van der Waals surface area contributed by atoms with E-state index in [-0.39, 0.29) is 30.0 Å². The molecule has 0 aliphatic heterocycles. The Labute approximate surface area is 114 Å². The zero-order valence-electron chi connectivity index (χ0n) is 9.44. The summed E-state index contributed by atoms with van der Waals surface area (Å²) in [4.78, 5) is 22.2. The van der Waals surface area contributed by atoms with Crippen molar-refractivity contribution in [1.82, 2.24) is 0 Å². The number of nitrogens with zero attached hydrogens (tertiary/aromatic N) is 1. The van der Waals surface area contributed by atoms with Gasteiger partial charge in [-0.1, -0.05) is 29.3 Å². The van der Waals surface area contributed by atoms with Crippen molar-refractivity contribution in [2.45, 2.75) is 31.2 Å². The van der Waals surface area contributed by atoms with Crippen molar-refractivity contribution in [1.29, 1.82) is 0 Å². The second kappa shape index (κ2) is 5.24. The van der Waals surface area contributed by atoms with Crippen LogP contribution in [0.3, 0.4) is 0 Å². The Morgan fingerprint density at radius 2 is 2.06 bits per heavy atom. The first kappa shape index (κ1) is 13.3. The highest BCUT2D eigenvalue weighted by atomic mass is 35.5. The zero-order valence-corrected chi connectivity index (χ0v) is 10.9. The molecule has 0 radical (unpaired) electrons. The number of carbonyl (C=O) groups excluding carboxylic acids is 1. The molecule has 2 atom stereocenters. The summed E-state index contributed by atoms with van der Waals surface area (Å²) in [6.07, 6.45) is 0.718. The zero-order chi connectivity index (χ0) is 13.3. The highest BCUT2D eigenvalue weighted by Gasteiger charge is 2.39. The molecule has 1 fully saturated rings. The van der Waals surface area contributed by atoms with E-state index in [4.69, 9.17) is 23.2 Å². The Morgan fingerprint density at radius 3 is 2.67 bits per heavy atom. The van der Waals surface area contributed by atoms with Crippen LogP contribution in [0, 0.1) is 10.1 Å². The maximum absolute atomic E-state index is 11.5. The largest absolute Gasteiger partial charge is 0.300 e. The third kappa shape index (κ3) is 2.65. The fourth-order valence-electron chi connectivity index (χ4n) is 2.37. The molecule has 0 saturated heterocycles. The summed E-state index contributed by atoms with van der Waals surface area (Å²) < 4.78 is 0. The van der Waals surface area contributed by atoms with Crippen LogP contribution in [0.2, 0.25) is 10.0 Å². The molecule has 0 N–H and O–H groups in total. The lowest BCUT2D eigenvalue weighted by molar-refractivity contribution is -0.528. The summed E-state index contributed by atoms with van der Waals surface area (Å²) in [7, 11) is 0. The first-order chi connectivity index (χ1) is 8.49. The molecule has 6 heteroatoms. The first-order valence-electron chi connectivity index (χ1n) is 5.59. The second-order valence-electron chi connectivity index (χ2n) is 4.41. The van der Waals surface area contributed by atoms with E-state index < -0.39 is 12.0 Å². The van der Waals surface area contributed by atoms with Crippen molar-refractivity contribution in [3.63, 3.8) is 0 Å². The molecule has 1 aromatic carbocycles. The van der Waals surface area contributed by atoms with Crippen LogP contribution >= 0.6 is 23.2 Å². The summed E-state index contributed by atoms with van der Waals surface area (Å²) in [6.45, 7) is 0. The monoisotopic (exact) mass is 287 g/mol. The van der Waals surface area contributed by atoms with Crippen LogP contribution in [-0.4, -0.2) is 16.7 Å². The molecule has 1 aliphatic rings. The van der Waals surface area contributed by atoms with Crippen molar-refractivity contribution >= 4 is 29.0 Å². The van der Waals surface area contributed by atoms with Gasteiger partial charge in [0.05, 0.1) is 5.92 Å². The maximum atomic E-state index is 11.5. The van der Waals surface area contributed by atoms with Crippen LogP contribution in [0.1, 0.15) is 30.7 Å². The third-order valence-corrected chi connectivity index (χ3v) is 3.83. The molecule has 2 rings (SSSR count). The summed E-state index contributed by atoms with van der Waals surface area (Å²) in [6, 6.07) is 4.11. The molecule has 0 unspecified atom stereocenters. The van der Waals surface area contributed by atoms with Gasteiger partial charge in [0, 0.05) is 34.2 Å². The van der Waals surface area contributed by atoms with E-state index in [1.54, 1.807) is 18.2 Å². The molecule has 4 nitrogen and oxygen atoms in total. The number of hydrogen-bond acceptors (Lipinski definition) is 3. The number of rotatable bonds is 2. The Bertz CT molecular complexity index is 504. The smallest absolute Gasteiger partial charge is 0.220 e. The molecular weight excluding hydrogens is 277 g/mol. The number of hydrogen-bond donors (Lipinski definition) is 0. The van der Waals surface area contributed by atoms with Crippen LogP contribution in [0.4, 0.5) is 0 Å². The Hall–Kier alpha value is -1.13. The predicted molar refractivity (Wildman–Crippen MR) is 68.8 cm³/mol. The predicted octanol–water partition coefficient (Wildman–Crippen LogP) is 3.48. The van der Waals surface area contributed by atoms with Crippen LogP contribution in [0.5, 0.6) is 0 Å². The molecule has 0 aromatic heterocycles.